The minimum Gasteiger partial charge on any atom is -0.460 e. The van der Waals surface area contributed by atoms with Gasteiger partial charge in [0.25, 0.3) is 0 Å². The highest BCUT2D eigenvalue weighted by molar-refractivity contribution is 6.09. The second kappa shape index (κ2) is 7.64. The van der Waals surface area contributed by atoms with E-state index >= 15 is 0 Å². The molecule has 11 atom stereocenters. The third kappa shape index (κ3) is 2.67. The summed E-state index contributed by atoms with van der Waals surface area (Å²) in [7, 11) is 0. The number of allylic oxidation sites excluding steroid dienone is 2. The van der Waals surface area contributed by atoms with Gasteiger partial charge in [0.2, 0.25) is 0 Å². The number of aliphatic hydroxyl groups excluding tert-OH is 1. The van der Waals surface area contributed by atoms with Gasteiger partial charge in [-0.15, -0.1) is 0 Å². The molecule has 0 aromatic rings. The molecule has 2 aliphatic heterocycles. The van der Waals surface area contributed by atoms with Crippen LogP contribution in [0.1, 0.15) is 60.3 Å². The molecular weight excluding hydrogens is 512 g/mol. The molecule has 2 unspecified atom stereocenters. The Bertz CT molecular complexity index is 1420. The summed E-state index contributed by atoms with van der Waals surface area (Å²) in [5.41, 5.74) is -1.23. The molecule has 2 saturated heterocycles. The molecule has 2 bridgehead atoms. The number of hydrogen-bond donors (Lipinski definition) is 1. The summed E-state index contributed by atoms with van der Waals surface area (Å²) >= 11 is 0. The van der Waals surface area contributed by atoms with Gasteiger partial charge in [0.15, 0.2) is 5.78 Å². The van der Waals surface area contributed by atoms with Crippen molar-refractivity contribution in [3.63, 3.8) is 0 Å². The van der Waals surface area contributed by atoms with Crippen LogP contribution >= 0.6 is 0 Å². The van der Waals surface area contributed by atoms with E-state index in [4.69, 9.17) is 14.2 Å². The van der Waals surface area contributed by atoms with Gasteiger partial charge < -0.3 is 19.3 Å². The van der Waals surface area contributed by atoms with Crippen LogP contribution in [0.3, 0.4) is 0 Å². The molecule has 1 N–H and O–H groups in total. The van der Waals surface area contributed by atoms with Gasteiger partial charge in [-0.25, -0.2) is 4.79 Å². The maximum Gasteiger partial charge on any atom is 0.334 e. The Labute approximate surface area is 233 Å². The van der Waals surface area contributed by atoms with Crippen molar-refractivity contribution >= 4 is 23.7 Å². The quantitative estimate of drug-likeness (QED) is 0.229. The van der Waals surface area contributed by atoms with E-state index < -0.39 is 75.8 Å². The molecule has 7 aliphatic rings. The molecule has 0 amide bonds. The van der Waals surface area contributed by atoms with Crippen LogP contribution in [0.25, 0.3) is 0 Å². The highest BCUT2D eigenvalue weighted by Crippen LogP contribution is 2.80. The molecule has 8 nitrogen and oxygen atoms in total. The van der Waals surface area contributed by atoms with Gasteiger partial charge in [-0.1, -0.05) is 36.8 Å². The first kappa shape index (κ1) is 25.9. The molecule has 0 radical (unpaired) electrons. The lowest BCUT2D eigenvalue weighted by Crippen LogP contribution is -2.52. The molecule has 2 heterocycles. The Morgan fingerprint density at radius 3 is 2.55 bits per heavy atom. The summed E-state index contributed by atoms with van der Waals surface area (Å²) in [6.45, 7) is 13.1. The van der Waals surface area contributed by atoms with Crippen LogP contribution in [0.5, 0.6) is 0 Å². The van der Waals surface area contributed by atoms with E-state index in [9.17, 15) is 24.3 Å². The molecule has 7 rings (SSSR count). The third-order valence-corrected chi connectivity index (χ3v) is 12.1. The van der Waals surface area contributed by atoms with Gasteiger partial charge >= 0.3 is 17.9 Å². The molecular formula is C32H36O8. The first-order valence-electron chi connectivity index (χ1n) is 14.3. The maximum absolute atomic E-state index is 14.4. The van der Waals surface area contributed by atoms with E-state index in [2.05, 4.69) is 12.7 Å². The normalized spacial score (nSPS) is 50.1. The number of fused-ring (bicyclic) bond motifs is 6. The van der Waals surface area contributed by atoms with Crippen molar-refractivity contribution in [3.05, 3.63) is 47.1 Å². The highest BCUT2D eigenvalue weighted by Gasteiger charge is 2.84. The molecule has 2 saturated carbocycles. The minimum atomic E-state index is -1.18. The average Bonchev–Trinajstić information content (AvgIpc) is 3.53. The monoisotopic (exact) mass is 548 g/mol. The Hall–Kier alpha value is -3.00. The van der Waals surface area contributed by atoms with Crippen LogP contribution in [-0.4, -0.2) is 52.7 Å². The van der Waals surface area contributed by atoms with Crippen molar-refractivity contribution in [1.82, 2.24) is 0 Å². The molecule has 1 spiro atoms. The molecule has 0 aromatic carbocycles. The lowest BCUT2D eigenvalue weighted by atomic mass is 9.54. The zero-order valence-corrected chi connectivity index (χ0v) is 23.6. The predicted octanol–water partition coefficient (Wildman–Crippen LogP) is 3.54. The van der Waals surface area contributed by atoms with E-state index in [-0.39, 0.29) is 24.5 Å². The standard InChI is InChI=1S/C32H36O8/c1-14-12-20(35)23-25(22-15(2)11-19(34)21(14)22)39-28(37)32(23)13-31-10-9-29(32,5)26(31)24-18(16(3)27(36)38-24)7-8-30(31,6)40-17(4)33/h9-11,18,20,22-26,35H,3,7-8,12-13H2,1-2,4-6H3/t18-,20-,22-,23+,24-,25+,26-,29+,30-,31?,32?/m0/s1. The van der Waals surface area contributed by atoms with Crippen molar-refractivity contribution in [2.75, 3.05) is 0 Å². The van der Waals surface area contributed by atoms with Gasteiger partial charge in [0, 0.05) is 52.6 Å². The first-order chi connectivity index (χ1) is 18.7. The van der Waals surface area contributed by atoms with Gasteiger partial charge in [-0.3, -0.25) is 14.4 Å². The van der Waals surface area contributed by atoms with Crippen molar-refractivity contribution in [3.8, 4) is 0 Å². The van der Waals surface area contributed by atoms with Crippen LogP contribution in [0.2, 0.25) is 0 Å². The number of esters is 3. The van der Waals surface area contributed by atoms with Crippen LogP contribution in [0.4, 0.5) is 0 Å². The Balaban J connectivity index is 1.44. The van der Waals surface area contributed by atoms with E-state index in [1.54, 1.807) is 6.08 Å². The van der Waals surface area contributed by atoms with E-state index in [1.807, 2.05) is 33.8 Å². The molecule has 4 fully saturated rings. The van der Waals surface area contributed by atoms with Gasteiger partial charge in [0.05, 0.1) is 11.5 Å². The Morgan fingerprint density at radius 2 is 1.85 bits per heavy atom. The number of carbonyl (C=O) groups is 4. The van der Waals surface area contributed by atoms with Crippen molar-refractivity contribution in [1.29, 1.82) is 0 Å². The molecule has 40 heavy (non-hydrogen) atoms. The summed E-state index contributed by atoms with van der Waals surface area (Å²) in [5, 5.41) is 11.9. The molecule has 5 aliphatic carbocycles. The minimum absolute atomic E-state index is 0.0886. The lowest BCUT2D eigenvalue weighted by Gasteiger charge is -2.47. The number of rotatable bonds is 1. The number of ketones is 1. The SMILES string of the molecule is C=C1C(=O)O[C@@H]2[C@@H]3C4(C=C[C@@]3(C)C3(C4)C(=O)O[C@@H]4[C@H]5C(C)=CC(=O)C5=C(C)C[C@H](O)[C@H]43)[C@@](C)(OC(C)=O)CC[C@@H]12. The van der Waals surface area contributed by atoms with Crippen molar-refractivity contribution in [2.45, 2.75) is 84.2 Å². The number of aliphatic hydroxyl groups is 1. The fourth-order valence-electron chi connectivity index (χ4n) is 10.5. The summed E-state index contributed by atoms with van der Waals surface area (Å²) < 4.78 is 18.5. The highest BCUT2D eigenvalue weighted by atomic mass is 16.6. The second-order valence-corrected chi connectivity index (χ2v) is 13.7. The van der Waals surface area contributed by atoms with Gasteiger partial charge in [0.1, 0.15) is 17.8 Å². The molecule has 8 heteroatoms. The topological polar surface area (TPSA) is 116 Å². The largest absolute Gasteiger partial charge is 0.460 e. The van der Waals surface area contributed by atoms with Gasteiger partial charge in [-0.05, 0) is 52.5 Å². The fraction of sp³-hybridized carbons (Fsp3) is 0.625. The Morgan fingerprint density at radius 1 is 1.12 bits per heavy atom. The number of hydrogen-bond acceptors (Lipinski definition) is 8. The van der Waals surface area contributed by atoms with Gasteiger partial charge in [-0.2, -0.15) is 0 Å². The summed E-state index contributed by atoms with van der Waals surface area (Å²) in [6, 6.07) is 0. The van der Waals surface area contributed by atoms with Crippen molar-refractivity contribution < 1.29 is 38.5 Å². The van der Waals surface area contributed by atoms with Crippen LogP contribution < -0.4 is 0 Å². The zero-order valence-electron chi connectivity index (χ0n) is 23.6. The maximum atomic E-state index is 14.4. The summed E-state index contributed by atoms with van der Waals surface area (Å²) in [5.74, 6) is -3.06. The second-order valence-electron chi connectivity index (χ2n) is 13.7. The third-order valence-electron chi connectivity index (χ3n) is 12.1. The summed E-state index contributed by atoms with van der Waals surface area (Å²) in [6.07, 6.45) is 5.09. The van der Waals surface area contributed by atoms with Crippen LogP contribution in [0, 0.1) is 39.9 Å². The van der Waals surface area contributed by atoms with E-state index in [1.165, 1.54) is 6.92 Å². The number of ether oxygens (including phenoxy) is 3. The van der Waals surface area contributed by atoms with Crippen molar-refractivity contribution in [2.24, 2.45) is 39.9 Å². The lowest BCUT2D eigenvalue weighted by molar-refractivity contribution is -0.175. The van der Waals surface area contributed by atoms with E-state index in [0.717, 1.165) is 11.1 Å². The average molecular weight is 549 g/mol. The van der Waals surface area contributed by atoms with Crippen LogP contribution in [-0.2, 0) is 33.4 Å². The predicted molar refractivity (Wildman–Crippen MR) is 141 cm³/mol. The fourth-order valence-corrected chi connectivity index (χ4v) is 10.5. The Kier molecular flexibility index (Phi) is 4.95. The molecule has 212 valence electrons. The number of carbonyl (C=O) groups excluding carboxylic acids is 4. The smallest absolute Gasteiger partial charge is 0.334 e. The first-order valence-corrected chi connectivity index (χ1v) is 14.3. The summed E-state index contributed by atoms with van der Waals surface area (Å²) in [4.78, 5) is 52.8. The van der Waals surface area contributed by atoms with Crippen LogP contribution in [0.15, 0.2) is 47.1 Å². The molecule has 0 aromatic heterocycles. The van der Waals surface area contributed by atoms with E-state index in [0.29, 0.717) is 24.0 Å². The zero-order chi connectivity index (χ0) is 28.7.